The Bertz CT molecular complexity index is 1410. The highest BCUT2D eigenvalue weighted by Gasteiger charge is 2.31. The van der Waals surface area contributed by atoms with E-state index in [-0.39, 0.29) is 35.4 Å². The van der Waals surface area contributed by atoms with E-state index in [9.17, 15) is 14.0 Å². The highest BCUT2D eigenvalue weighted by molar-refractivity contribution is 6.45. The number of hydrogen-bond acceptors (Lipinski definition) is 10. The molecule has 2 aromatic heterocycles. The van der Waals surface area contributed by atoms with E-state index in [0.717, 1.165) is 16.9 Å². The molecule has 0 unspecified atom stereocenters. The first kappa shape index (κ1) is 26.0. The van der Waals surface area contributed by atoms with Crippen LogP contribution >= 0.6 is 0 Å². The third-order valence-corrected chi connectivity index (χ3v) is 6.06. The molecule has 0 aliphatic carbocycles. The van der Waals surface area contributed by atoms with E-state index in [1.165, 1.54) is 29.7 Å². The van der Waals surface area contributed by atoms with Gasteiger partial charge in [-0.3, -0.25) is 19.6 Å². The van der Waals surface area contributed by atoms with Crippen LogP contribution < -0.4 is 21.6 Å². The molecule has 38 heavy (non-hydrogen) atoms. The fourth-order valence-electron chi connectivity index (χ4n) is 4.22. The fraction of sp³-hybridized carbons (Fsp3) is 0.160. The van der Waals surface area contributed by atoms with E-state index in [1.807, 2.05) is 35.2 Å². The molecule has 3 heterocycles. The molecule has 0 saturated carbocycles. The molecule has 0 atom stereocenters. The molecule has 4 rings (SSSR count). The van der Waals surface area contributed by atoms with E-state index in [1.54, 1.807) is 5.01 Å². The van der Waals surface area contributed by atoms with Gasteiger partial charge in [0.05, 0.1) is 28.4 Å². The molecule has 1 aliphatic heterocycles. The number of H-pyrrole nitrogens is 1. The number of carbonyl (C=O) groups is 2. The number of aliphatic imine (C=N–C) groups is 1. The number of aromatic amines is 1. The molecule has 0 bridgehead atoms. The summed E-state index contributed by atoms with van der Waals surface area (Å²) in [5.41, 5.74) is 6.74. The molecule has 1 amide bonds. The van der Waals surface area contributed by atoms with Crippen molar-refractivity contribution in [3.05, 3.63) is 78.5 Å². The maximum Gasteiger partial charge on any atom is 0.295 e. The number of pyridine rings is 1. The quantitative estimate of drug-likeness (QED) is 0.127. The lowest BCUT2D eigenvalue weighted by Gasteiger charge is -2.39. The van der Waals surface area contributed by atoms with Gasteiger partial charge in [0.2, 0.25) is 0 Å². The number of amides is 1. The van der Waals surface area contributed by atoms with Gasteiger partial charge in [0.15, 0.2) is 11.6 Å². The van der Waals surface area contributed by atoms with Crippen molar-refractivity contribution < 1.29 is 14.0 Å². The summed E-state index contributed by atoms with van der Waals surface area (Å²) in [6.45, 7) is 8.24. The molecule has 1 saturated heterocycles. The standard InChI is InChI=1S/C25H27FN10O2/c1-29-8-9-35(28)24-22-21(19(26)16-32-24)18(15-31-22)23(37)25(38)34-12-10-33(11-13-34)20(14-27)36(30-2)17-6-4-3-5-7-17/h3-9,14-16,31H,1-2,10-13,27-28H2/b9-8-,20-14-. The fourth-order valence-corrected chi connectivity index (χ4v) is 4.22. The largest absolute Gasteiger partial charge is 0.402 e. The second kappa shape index (κ2) is 11.3. The summed E-state index contributed by atoms with van der Waals surface area (Å²) in [6, 6.07) is 9.37. The van der Waals surface area contributed by atoms with Crippen LogP contribution in [0.15, 0.2) is 77.2 Å². The molecule has 196 valence electrons. The van der Waals surface area contributed by atoms with Gasteiger partial charge in [0, 0.05) is 57.7 Å². The monoisotopic (exact) mass is 518 g/mol. The van der Waals surface area contributed by atoms with Crippen molar-refractivity contribution in [2.24, 2.45) is 21.7 Å². The molecule has 0 radical (unpaired) electrons. The Labute approximate surface area is 218 Å². The van der Waals surface area contributed by atoms with Crippen LogP contribution in [-0.4, -0.2) is 71.1 Å². The summed E-state index contributed by atoms with van der Waals surface area (Å²) in [5.74, 6) is 4.32. The average Bonchev–Trinajstić information content (AvgIpc) is 3.40. The Morgan fingerprint density at radius 1 is 1.13 bits per heavy atom. The van der Waals surface area contributed by atoms with Gasteiger partial charge in [-0.05, 0) is 18.9 Å². The van der Waals surface area contributed by atoms with Crippen LogP contribution in [0.3, 0.4) is 0 Å². The zero-order chi connectivity index (χ0) is 27.2. The zero-order valence-electron chi connectivity index (χ0n) is 20.5. The number of hydrazine groups is 1. The summed E-state index contributed by atoms with van der Waals surface area (Å²) in [6.07, 6.45) is 6.33. The van der Waals surface area contributed by atoms with E-state index in [2.05, 4.69) is 33.5 Å². The zero-order valence-corrected chi connectivity index (χ0v) is 20.5. The number of hydrogen-bond donors (Lipinski definition) is 3. The Balaban J connectivity index is 1.50. The number of carbonyl (C=O) groups excluding carboxylic acids is 2. The van der Waals surface area contributed by atoms with Crippen LogP contribution in [0.1, 0.15) is 10.4 Å². The lowest BCUT2D eigenvalue weighted by molar-refractivity contribution is -0.127. The number of piperazine rings is 1. The van der Waals surface area contributed by atoms with E-state index in [4.69, 9.17) is 11.6 Å². The number of benzene rings is 1. The van der Waals surface area contributed by atoms with E-state index < -0.39 is 17.5 Å². The second-order valence-corrected chi connectivity index (χ2v) is 8.19. The number of fused-ring (bicyclic) bond motifs is 1. The van der Waals surface area contributed by atoms with Gasteiger partial charge in [-0.15, -0.1) is 0 Å². The Morgan fingerprint density at radius 2 is 1.82 bits per heavy atom. The van der Waals surface area contributed by atoms with Gasteiger partial charge in [-0.25, -0.2) is 20.2 Å². The van der Waals surface area contributed by atoms with Crippen LogP contribution in [0.25, 0.3) is 10.9 Å². The molecule has 3 aromatic rings. The van der Waals surface area contributed by atoms with Crippen molar-refractivity contribution in [2.75, 3.05) is 36.2 Å². The van der Waals surface area contributed by atoms with Crippen LogP contribution in [-0.2, 0) is 4.79 Å². The van der Waals surface area contributed by atoms with Gasteiger partial charge in [0.1, 0.15) is 5.82 Å². The minimum absolute atomic E-state index is 0.0775. The number of para-hydroxylation sites is 1. The van der Waals surface area contributed by atoms with Gasteiger partial charge in [0.25, 0.3) is 11.7 Å². The second-order valence-electron chi connectivity index (χ2n) is 8.19. The van der Waals surface area contributed by atoms with Crippen LogP contribution in [0.2, 0.25) is 0 Å². The highest BCUT2D eigenvalue weighted by atomic mass is 19.1. The Morgan fingerprint density at radius 3 is 2.45 bits per heavy atom. The lowest BCUT2D eigenvalue weighted by Crippen LogP contribution is -2.51. The molecule has 12 nitrogen and oxygen atoms in total. The molecule has 1 aliphatic rings. The van der Waals surface area contributed by atoms with Gasteiger partial charge in [-0.1, -0.05) is 18.2 Å². The summed E-state index contributed by atoms with van der Waals surface area (Å²) in [4.78, 5) is 40.0. The number of hydrazone groups is 1. The minimum atomic E-state index is -0.846. The van der Waals surface area contributed by atoms with Crippen molar-refractivity contribution in [3.8, 4) is 0 Å². The molecule has 1 fully saturated rings. The van der Waals surface area contributed by atoms with E-state index >= 15 is 0 Å². The molecular weight excluding hydrogens is 491 g/mol. The highest BCUT2D eigenvalue weighted by Crippen LogP contribution is 2.29. The van der Waals surface area contributed by atoms with Gasteiger partial charge < -0.3 is 20.5 Å². The Hall–Kier alpha value is -5.04. The first-order valence-corrected chi connectivity index (χ1v) is 11.6. The van der Waals surface area contributed by atoms with Crippen molar-refractivity contribution in [2.45, 2.75) is 0 Å². The number of halogens is 1. The van der Waals surface area contributed by atoms with Crippen LogP contribution in [0.4, 0.5) is 15.9 Å². The third kappa shape index (κ3) is 4.95. The summed E-state index contributed by atoms with van der Waals surface area (Å²) in [5, 5.41) is 6.71. The minimum Gasteiger partial charge on any atom is -0.402 e. The predicted molar refractivity (Wildman–Crippen MR) is 145 cm³/mol. The third-order valence-electron chi connectivity index (χ3n) is 6.06. The van der Waals surface area contributed by atoms with Crippen LogP contribution in [0, 0.1) is 5.82 Å². The number of aromatic nitrogens is 2. The SMILES string of the molecule is C=N/C=C\N(N)c1ncc(F)c2c(C(=O)C(=O)N3CCN(/C(=C/N)N(N=C)c4ccccc4)CC3)c[nH]c12. The number of nitrogens with one attached hydrogen (secondary N) is 1. The molecule has 13 heteroatoms. The Kier molecular flexibility index (Phi) is 7.77. The molecule has 1 aromatic carbocycles. The average molecular weight is 519 g/mol. The first-order chi connectivity index (χ1) is 18.4. The number of nitrogens with two attached hydrogens (primary N) is 2. The van der Waals surface area contributed by atoms with Crippen molar-refractivity contribution in [1.82, 2.24) is 19.8 Å². The summed E-state index contributed by atoms with van der Waals surface area (Å²) < 4.78 is 14.8. The maximum atomic E-state index is 14.8. The van der Waals surface area contributed by atoms with Gasteiger partial charge in [-0.2, -0.15) is 5.10 Å². The van der Waals surface area contributed by atoms with Crippen molar-refractivity contribution in [3.63, 3.8) is 0 Å². The number of Topliss-reactive ketones (excluding diaryl/α,β-unsaturated/α-hetero) is 1. The number of rotatable bonds is 9. The summed E-state index contributed by atoms with van der Waals surface area (Å²) in [7, 11) is 0. The number of anilines is 2. The predicted octanol–water partition coefficient (Wildman–Crippen LogP) is 1.76. The number of nitrogens with zero attached hydrogens (tertiary/aromatic N) is 7. The van der Waals surface area contributed by atoms with Crippen LogP contribution in [0.5, 0.6) is 0 Å². The first-order valence-electron chi connectivity index (χ1n) is 11.6. The smallest absolute Gasteiger partial charge is 0.295 e. The van der Waals surface area contributed by atoms with Gasteiger partial charge >= 0.3 is 0 Å². The van der Waals surface area contributed by atoms with Crippen molar-refractivity contribution >= 4 is 47.5 Å². The lowest BCUT2D eigenvalue weighted by atomic mass is 10.1. The molecular formula is C25H27FN10O2. The van der Waals surface area contributed by atoms with E-state index in [0.29, 0.717) is 18.9 Å². The normalized spacial score (nSPS) is 14.1. The molecule has 0 spiro atoms. The topological polar surface area (TPSA) is 153 Å². The van der Waals surface area contributed by atoms with Crippen molar-refractivity contribution in [1.29, 1.82) is 0 Å². The number of ketones is 1. The summed E-state index contributed by atoms with van der Waals surface area (Å²) >= 11 is 0. The molecule has 5 N–H and O–H groups in total. The maximum absolute atomic E-state index is 14.8.